The predicted octanol–water partition coefficient (Wildman–Crippen LogP) is 5.76. The highest BCUT2D eigenvalue weighted by molar-refractivity contribution is 8.14. The summed E-state index contributed by atoms with van der Waals surface area (Å²) in [5.74, 6) is -0.199. The third kappa shape index (κ3) is 7.53. The number of carbonyl (C=O) groups excluding carboxylic acids is 2. The van der Waals surface area contributed by atoms with Gasteiger partial charge in [0.05, 0.1) is 12.4 Å². The molecule has 0 spiro atoms. The van der Waals surface area contributed by atoms with Crippen LogP contribution in [0.5, 0.6) is 0 Å². The van der Waals surface area contributed by atoms with Crippen LogP contribution in [0.2, 0.25) is 0 Å². The van der Waals surface area contributed by atoms with Crippen LogP contribution in [0.25, 0.3) is 0 Å². The highest BCUT2D eigenvalue weighted by Crippen LogP contribution is 2.25. The van der Waals surface area contributed by atoms with Crippen molar-refractivity contribution in [3.8, 4) is 0 Å². The van der Waals surface area contributed by atoms with Gasteiger partial charge in [0.1, 0.15) is 0 Å². The zero-order chi connectivity index (χ0) is 19.4. The van der Waals surface area contributed by atoms with Gasteiger partial charge in [-0.15, -0.1) is 0 Å². The number of thioether (sulfide) groups is 1. The smallest absolute Gasteiger partial charge is 0.316 e. The highest BCUT2D eigenvalue weighted by Gasteiger charge is 2.18. The van der Waals surface area contributed by atoms with Crippen molar-refractivity contribution >= 4 is 22.8 Å². The summed E-state index contributed by atoms with van der Waals surface area (Å²) >= 11 is 1.07. The lowest BCUT2D eigenvalue weighted by atomic mass is 9.94. The molecule has 0 saturated heterocycles. The summed E-state index contributed by atoms with van der Waals surface area (Å²) in [5.41, 5.74) is 4.23. The molecule has 0 radical (unpaired) electrons. The summed E-state index contributed by atoms with van der Waals surface area (Å²) in [6, 6.07) is 4.25. The maximum atomic E-state index is 12.7. The van der Waals surface area contributed by atoms with Crippen LogP contribution >= 0.6 is 11.8 Å². The average molecular weight is 379 g/mol. The number of unbranched alkanes of at least 4 members (excludes halogenated alkanes) is 4. The van der Waals surface area contributed by atoms with Crippen LogP contribution in [0.15, 0.2) is 12.1 Å². The monoisotopic (exact) mass is 378 g/mol. The minimum absolute atomic E-state index is 0.0127. The van der Waals surface area contributed by atoms with E-state index in [0.717, 1.165) is 60.6 Å². The van der Waals surface area contributed by atoms with Crippen molar-refractivity contribution in [2.24, 2.45) is 0 Å². The first-order valence-electron chi connectivity index (χ1n) is 10.0. The molecule has 4 heteroatoms. The van der Waals surface area contributed by atoms with Crippen LogP contribution in [-0.2, 0) is 28.8 Å². The first-order chi connectivity index (χ1) is 12.6. The molecule has 1 aromatic carbocycles. The molecule has 1 aromatic rings. The van der Waals surface area contributed by atoms with Gasteiger partial charge in [-0.3, -0.25) is 9.59 Å². The Labute approximate surface area is 163 Å². The van der Waals surface area contributed by atoms with E-state index in [2.05, 4.69) is 39.8 Å². The molecule has 1 rings (SSSR count). The van der Waals surface area contributed by atoms with Crippen molar-refractivity contribution in [3.63, 3.8) is 0 Å². The summed E-state index contributed by atoms with van der Waals surface area (Å²) in [6.45, 7) is 8.91. The Morgan fingerprint density at radius 1 is 0.885 bits per heavy atom. The van der Waals surface area contributed by atoms with Crippen molar-refractivity contribution in [2.45, 2.75) is 79.1 Å². The number of hydrogen-bond donors (Lipinski definition) is 0. The summed E-state index contributed by atoms with van der Waals surface area (Å²) in [4.78, 5) is 24.6. The standard InChI is InChI=1S/C22H34O3S/c1-5-9-10-11-12-13-25-20(23)16-26-22(24)21-18(7-3)14-17(6-2)15-19(21)8-4/h14-15H,5-13,16H2,1-4H3. The maximum Gasteiger partial charge on any atom is 0.316 e. The Kier molecular flexibility index (Phi) is 11.3. The number of benzene rings is 1. The minimum atomic E-state index is -0.292. The van der Waals surface area contributed by atoms with Crippen LogP contribution in [-0.4, -0.2) is 23.4 Å². The first-order valence-corrected chi connectivity index (χ1v) is 11.0. The Morgan fingerprint density at radius 2 is 1.50 bits per heavy atom. The molecule has 0 aliphatic heterocycles. The van der Waals surface area contributed by atoms with E-state index in [0.29, 0.717) is 6.61 Å². The van der Waals surface area contributed by atoms with Gasteiger partial charge in [-0.2, -0.15) is 0 Å². The van der Waals surface area contributed by atoms with Gasteiger partial charge in [-0.05, 0) is 42.4 Å². The zero-order valence-corrected chi connectivity index (χ0v) is 17.7. The van der Waals surface area contributed by atoms with Gasteiger partial charge in [0.25, 0.3) is 0 Å². The average Bonchev–Trinajstić information content (AvgIpc) is 2.67. The molecule has 0 atom stereocenters. The van der Waals surface area contributed by atoms with Crippen molar-refractivity contribution in [1.29, 1.82) is 0 Å². The molecular weight excluding hydrogens is 344 g/mol. The zero-order valence-electron chi connectivity index (χ0n) is 16.9. The van der Waals surface area contributed by atoms with Gasteiger partial charge >= 0.3 is 5.97 Å². The van der Waals surface area contributed by atoms with Crippen molar-refractivity contribution in [3.05, 3.63) is 34.4 Å². The van der Waals surface area contributed by atoms with Gasteiger partial charge in [0, 0.05) is 5.56 Å². The fourth-order valence-electron chi connectivity index (χ4n) is 2.99. The van der Waals surface area contributed by atoms with Crippen LogP contribution in [0.1, 0.15) is 86.8 Å². The Bertz CT molecular complexity index is 556. The molecule has 26 heavy (non-hydrogen) atoms. The molecular formula is C22H34O3S. The second kappa shape index (κ2) is 13.0. The molecule has 0 bridgehead atoms. The highest BCUT2D eigenvalue weighted by atomic mass is 32.2. The largest absolute Gasteiger partial charge is 0.465 e. The summed E-state index contributed by atoms with van der Waals surface area (Å²) in [7, 11) is 0. The summed E-state index contributed by atoms with van der Waals surface area (Å²) in [6.07, 6.45) is 8.24. The van der Waals surface area contributed by atoms with Gasteiger partial charge in [0.15, 0.2) is 0 Å². The van der Waals surface area contributed by atoms with E-state index in [9.17, 15) is 9.59 Å². The van der Waals surface area contributed by atoms with E-state index >= 15 is 0 Å². The van der Waals surface area contributed by atoms with E-state index in [-0.39, 0.29) is 16.8 Å². The topological polar surface area (TPSA) is 43.4 Å². The molecule has 0 fully saturated rings. The molecule has 0 aliphatic rings. The Hall–Kier alpha value is -1.29. The number of esters is 1. The molecule has 0 unspecified atom stereocenters. The molecule has 0 aromatic heterocycles. The maximum absolute atomic E-state index is 12.7. The molecule has 0 N–H and O–H groups in total. The fourth-order valence-corrected chi connectivity index (χ4v) is 3.73. The Morgan fingerprint density at radius 3 is 2.04 bits per heavy atom. The van der Waals surface area contributed by atoms with Crippen LogP contribution in [0.4, 0.5) is 0 Å². The number of hydrogen-bond acceptors (Lipinski definition) is 4. The van der Waals surface area contributed by atoms with Crippen molar-refractivity contribution in [2.75, 3.05) is 12.4 Å². The normalized spacial score (nSPS) is 10.8. The van der Waals surface area contributed by atoms with Crippen LogP contribution in [0, 0.1) is 0 Å². The van der Waals surface area contributed by atoms with E-state index in [1.165, 1.54) is 24.8 Å². The first kappa shape index (κ1) is 22.8. The van der Waals surface area contributed by atoms with Gasteiger partial charge < -0.3 is 4.74 Å². The lowest BCUT2D eigenvalue weighted by Crippen LogP contribution is -2.12. The third-order valence-corrected chi connectivity index (χ3v) is 5.41. The second-order valence-electron chi connectivity index (χ2n) is 6.56. The quantitative estimate of drug-likeness (QED) is 0.342. The van der Waals surface area contributed by atoms with E-state index in [4.69, 9.17) is 4.74 Å². The summed E-state index contributed by atoms with van der Waals surface area (Å²) in [5, 5.41) is -0.0127. The molecule has 146 valence electrons. The number of aryl methyl sites for hydroxylation is 3. The molecule has 0 aliphatic carbocycles. The fraction of sp³-hybridized carbons (Fsp3) is 0.636. The SMILES string of the molecule is CCCCCCCOC(=O)CSC(=O)c1c(CC)cc(CC)cc1CC. The van der Waals surface area contributed by atoms with Gasteiger partial charge in [-0.25, -0.2) is 0 Å². The number of rotatable bonds is 12. The lowest BCUT2D eigenvalue weighted by molar-refractivity contribution is -0.140. The number of ether oxygens (including phenoxy) is 1. The molecule has 0 saturated carbocycles. The van der Waals surface area contributed by atoms with Gasteiger partial charge in [-0.1, -0.05) is 77.3 Å². The van der Waals surface area contributed by atoms with E-state index in [1.807, 2.05) is 0 Å². The molecule has 3 nitrogen and oxygen atoms in total. The van der Waals surface area contributed by atoms with Crippen molar-refractivity contribution < 1.29 is 14.3 Å². The third-order valence-electron chi connectivity index (χ3n) is 4.57. The second-order valence-corrected chi connectivity index (χ2v) is 7.51. The minimum Gasteiger partial charge on any atom is -0.465 e. The van der Waals surface area contributed by atoms with Crippen molar-refractivity contribution in [1.82, 2.24) is 0 Å². The lowest BCUT2D eigenvalue weighted by Gasteiger charge is -2.14. The Balaban J connectivity index is 2.56. The van der Waals surface area contributed by atoms with Gasteiger partial charge in [0.2, 0.25) is 5.12 Å². The van der Waals surface area contributed by atoms with Crippen LogP contribution < -0.4 is 0 Å². The molecule has 0 amide bonds. The van der Waals surface area contributed by atoms with E-state index in [1.54, 1.807) is 0 Å². The van der Waals surface area contributed by atoms with Crippen LogP contribution in [0.3, 0.4) is 0 Å². The summed E-state index contributed by atoms with van der Waals surface area (Å²) < 4.78 is 5.25. The van der Waals surface area contributed by atoms with E-state index < -0.39 is 0 Å². The number of carbonyl (C=O) groups is 2. The molecule has 0 heterocycles. The predicted molar refractivity (Wildman–Crippen MR) is 111 cm³/mol.